The molecule has 2 aromatic rings. The number of nitrogens with zero attached hydrogens (tertiary/aromatic N) is 1. The van der Waals surface area contributed by atoms with Crippen molar-refractivity contribution < 1.29 is 4.79 Å². The van der Waals surface area contributed by atoms with E-state index in [-0.39, 0.29) is 18.5 Å². The molecule has 1 amide bonds. The SMILES string of the molecule is Cc1ccccc1-c1cscc1N[C@@H](CC(C)C)C(=O)NCC#N. The van der Waals surface area contributed by atoms with Crippen LogP contribution in [0.15, 0.2) is 35.0 Å². The molecule has 24 heavy (non-hydrogen) atoms. The molecule has 4 nitrogen and oxygen atoms in total. The maximum absolute atomic E-state index is 12.4. The van der Waals surface area contributed by atoms with Gasteiger partial charge in [-0.1, -0.05) is 38.1 Å². The van der Waals surface area contributed by atoms with E-state index < -0.39 is 0 Å². The quantitative estimate of drug-likeness (QED) is 0.742. The van der Waals surface area contributed by atoms with Crippen molar-refractivity contribution in [2.45, 2.75) is 33.2 Å². The largest absolute Gasteiger partial charge is 0.372 e. The number of hydrogen-bond donors (Lipinski definition) is 2. The number of carbonyl (C=O) groups is 1. The van der Waals surface area contributed by atoms with Gasteiger partial charge >= 0.3 is 0 Å². The average molecular weight is 341 g/mol. The first-order chi connectivity index (χ1) is 11.5. The molecule has 2 N–H and O–H groups in total. The molecule has 0 radical (unpaired) electrons. The van der Waals surface area contributed by atoms with Crippen LogP contribution in [0.3, 0.4) is 0 Å². The molecule has 0 fully saturated rings. The third-order valence-corrected chi connectivity index (χ3v) is 4.54. The molecule has 0 aliphatic carbocycles. The summed E-state index contributed by atoms with van der Waals surface area (Å²) in [4.78, 5) is 12.4. The summed E-state index contributed by atoms with van der Waals surface area (Å²) in [5.41, 5.74) is 4.45. The Kier molecular flexibility index (Phi) is 6.39. The van der Waals surface area contributed by atoms with E-state index in [1.807, 2.05) is 23.6 Å². The minimum absolute atomic E-state index is 0.0311. The number of rotatable bonds is 7. The minimum Gasteiger partial charge on any atom is -0.372 e. The van der Waals surface area contributed by atoms with Crippen molar-refractivity contribution in [3.63, 3.8) is 0 Å². The third kappa shape index (κ3) is 4.59. The van der Waals surface area contributed by atoms with Gasteiger partial charge in [-0.3, -0.25) is 4.79 Å². The molecule has 0 bridgehead atoms. The second-order valence-electron chi connectivity index (χ2n) is 6.22. The van der Waals surface area contributed by atoms with Gasteiger partial charge in [0, 0.05) is 16.3 Å². The number of aryl methyl sites for hydroxylation is 1. The first-order valence-corrected chi connectivity index (χ1v) is 9.00. The van der Waals surface area contributed by atoms with Crippen molar-refractivity contribution in [3.8, 4) is 17.2 Å². The van der Waals surface area contributed by atoms with Gasteiger partial charge in [-0.15, -0.1) is 11.3 Å². The lowest BCUT2D eigenvalue weighted by atomic mass is 10.00. The minimum atomic E-state index is -0.351. The number of amides is 1. The van der Waals surface area contributed by atoms with Crippen LogP contribution in [0, 0.1) is 24.2 Å². The predicted molar refractivity (Wildman–Crippen MR) is 100.0 cm³/mol. The van der Waals surface area contributed by atoms with Crippen molar-refractivity contribution >= 4 is 22.9 Å². The molecule has 0 spiro atoms. The summed E-state index contributed by atoms with van der Waals surface area (Å²) in [5.74, 6) is 0.239. The maximum atomic E-state index is 12.4. The summed E-state index contributed by atoms with van der Waals surface area (Å²) in [6, 6.07) is 9.83. The summed E-state index contributed by atoms with van der Waals surface area (Å²) in [6.45, 7) is 6.29. The molecule has 0 saturated carbocycles. The smallest absolute Gasteiger partial charge is 0.243 e. The molecule has 1 heterocycles. The number of carbonyl (C=O) groups excluding carboxylic acids is 1. The van der Waals surface area contributed by atoms with Gasteiger partial charge in [-0.05, 0) is 30.4 Å². The Morgan fingerprint density at radius 1 is 1.25 bits per heavy atom. The van der Waals surface area contributed by atoms with Gasteiger partial charge in [0.2, 0.25) is 5.91 Å². The number of thiophene rings is 1. The lowest BCUT2D eigenvalue weighted by Crippen LogP contribution is -2.40. The highest BCUT2D eigenvalue weighted by Crippen LogP contribution is 2.34. The van der Waals surface area contributed by atoms with Gasteiger partial charge < -0.3 is 10.6 Å². The fraction of sp³-hybridized carbons (Fsp3) is 0.368. The van der Waals surface area contributed by atoms with Crippen molar-refractivity contribution in [1.82, 2.24) is 5.32 Å². The van der Waals surface area contributed by atoms with Gasteiger partial charge in [0.25, 0.3) is 0 Å². The highest BCUT2D eigenvalue weighted by Gasteiger charge is 2.21. The molecule has 1 aromatic heterocycles. The third-order valence-electron chi connectivity index (χ3n) is 3.79. The van der Waals surface area contributed by atoms with E-state index in [0.717, 1.165) is 11.3 Å². The van der Waals surface area contributed by atoms with Crippen LogP contribution in [0.25, 0.3) is 11.1 Å². The Morgan fingerprint density at radius 2 is 2.00 bits per heavy atom. The number of anilines is 1. The Morgan fingerprint density at radius 3 is 2.67 bits per heavy atom. The standard InChI is InChI=1S/C19H23N3OS/c1-13(2)10-17(19(23)21-9-8-20)22-18-12-24-11-16(18)15-7-5-4-6-14(15)3/h4-7,11-13,17,22H,9-10H2,1-3H3,(H,21,23)/t17-/m0/s1. The zero-order valence-electron chi connectivity index (χ0n) is 14.3. The van der Waals surface area contributed by atoms with E-state index >= 15 is 0 Å². The van der Waals surface area contributed by atoms with Gasteiger partial charge in [0.15, 0.2) is 0 Å². The second kappa shape index (κ2) is 8.51. The molecule has 0 aliphatic heterocycles. The predicted octanol–water partition coefficient (Wildman–Crippen LogP) is 4.19. The van der Waals surface area contributed by atoms with Crippen LogP contribution in [0.4, 0.5) is 5.69 Å². The summed E-state index contributed by atoms with van der Waals surface area (Å²) in [6.07, 6.45) is 0.709. The number of hydrogen-bond acceptors (Lipinski definition) is 4. The monoisotopic (exact) mass is 341 g/mol. The zero-order chi connectivity index (χ0) is 17.5. The summed E-state index contributed by atoms with van der Waals surface area (Å²) < 4.78 is 0. The molecule has 2 rings (SSSR count). The number of nitriles is 1. The molecule has 1 aromatic carbocycles. The molecule has 0 aliphatic rings. The lowest BCUT2D eigenvalue weighted by Gasteiger charge is -2.21. The Hall–Kier alpha value is -2.32. The fourth-order valence-corrected chi connectivity index (χ4v) is 3.42. The van der Waals surface area contributed by atoms with Gasteiger partial charge in [-0.25, -0.2) is 0 Å². The summed E-state index contributed by atoms with van der Waals surface area (Å²) in [5, 5.41) is 18.9. The van der Waals surface area contributed by atoms with E-state index in [9.17, 15) is 4.79 Å². The Labute approximate surface area is 147 Å². The van der Waals surface area contributed by atoms with E-state index in [4.69, 9.17) is 5.26 Å². The van der Waals surface area contributed by atoms with E-state index in [0.29, 0.717) is 12.3 Å². The van der Waals surface area contributed by atoms with Gasteiger partial charge in [0.05, 0.1) is 11.8 Å². The molecule has 0 saturated heterocycles. The van der Waals surface area contributed by atoms with Gasteiger partial charge in [0.1, 0.15) is 12.6 Å². The van der Waals surface area contributed by atoms with Crippen LogP contribution in [0.1, 0.15) is 25.8 Å². The highest BCUT2D eigenvalue weighted by molar-refractivity contribution is 7.08. The molecular weight excluding hydrogens is 318 g/mol. The molecule has 0 unspecified atom stereocenters. The summed E-state index contributed by atoms with van der Waals surface area (Å²) >= 11 is 1.61. The summed E-state index contributed by atoms with van der Waals surface area (Å²) in [7, 11) is 0. The molecule has 5 heteroatoms. The van der Waals surface area contributed by atoms with Crippen molar-refractivity contribution in [2.24, 2.45) is 5.92 Å². The first kappa shape index (κ1) is 18.0. The van der Waals surface area contributed by atoms with Crippen LogP contribution >= 0.6 is 11.3 Å². The second-order valence-corrected chi connectivity index (χ2v) is 6.96. The lowest BCUT2D eigenvalue weighted by molar-refractivity contribution is -0.121. The fourth-order valence-electron chi connectivity index (χ4n) is 2.63. The topological polar surface area (TPSA) is 64.9 Å². The number of nitrogens with one attached hydrogen (secondary N) is 2. The van der Waals surface area contributed by atoms with Gasteiger partial charge in [-0.2, -0.15) is 5.26 Å². The van der Waals surface area contributed by atoms with Crippen molar-refractivity contribution in [2.75, 3.05) is 11.9 Å². The van der Waals surface area contributed by atoms with Crippen LogP contribution in [-0.2, 0) is 4.79 Å². The van der Waals surface area contributed by atoms with Crippen LogP contribution in [0.2, 0.25) is 0 Å². The van der Waals surface area contributed by atoms with Crippen molar-refractivity contribution in [3.05, 3.63) is 40.6 Å². The molecular formula is C19H23N3OS. The number of benzene rings is 1. The van der Waals surface area contributed by atoms with E-state index in [1.165, 1.54) is 11.1 Å². The molecule has 1 atom stereocenters. The van der Waals surface area contributed by atoms with E-state index in [1.54, 1.807) is 11.3 Å². The normalized spacial score (nSPS) is 11.8. The van der Waals surface area contributed by atoms with Crippen LogP contribution < -0.4 is 10.6 Å². The highest BCUT2D eigenvalue weighted by atomic mass is 32.1. The zero-order valence-corrected chi connectivity index (χ0v) is 15.1. The van der Waals surface area contributed by atoms with Crippen LogP contribution in [0.5, 0.6) is 0 Å². The first-order valence-electron chi connectivity index (χ1n) is 8.06. The van der Waals surface area contributed by atoms with Crippen LogP contribution in [-0.4, -0.2) is 18.5 Å². The maximum Gasteiger partial charge on any atom is 0.243 e. The van der Waals surface area contributed by atoms with Crippen molar-refractivity contribution in [1.29, 1.82) is 5.26 Å². The molecule has 126 valence electrons. The van der Waals surface area contributed by atoms with E-state index in [2.05, 4.69) is 48.9 Å². The average Bonchev–Trinajstić information content (AvgIpc) is 3.00. The Balaban J connectivity index is 2.24. The Bertz CT molecular complexity index is 730.